The molecule has 0 nitrogen and oxygen atoms in total. The molecule has 13 heavy (non-hydrogen) atoms. The van der Waals surface area contributed by atoms with Crippen molar-refractivity contribution in [3.05, 3.63) is 58.7 Å². The molecule has 0 saturated carbocycles. The smallest absolute Gasteiger partial charge is 0.00243 e. The Bertz CT molecular complexity index is 384. The number of allylic oxidation sites excluding steroid dienone is 9. The Balaban J connectivity index is 2.38. The summed E-state index contributed by atoms with van der Waals surface area (Å²) in [6.45, 7) is 8.23. The maximum Gasteiger partial charge on any atom is -0.00243 e. The van der Waals surface area contributed by atoms with Gasteiger partial charge in [0, 0.05) is 0 Å². The molecule has 2 rings (SSSR count). The van der Waals surface area contributed by atoms with E-state index >= 15 is 0 Å². The van der Waals surface area contributed by atoms with Crippen molar-refractivity contribution in [1.29, 1.82) is 0 Å². The van der Waals surface area contributed by atoms with Gasteiger partial charge in [-0.15, -0.1) is 0 Å². The molecule has 0 saturated heterocycles. The maximum absolute atomic E-state index is 3.97. The summed E-state index contributed by atoms with van der Waals surface area (Å²) in [4.78, 5) is 0. The van der Waals surface area contributed by atoms with Crippen LogP contribution in [0.3, 0.4) is 0 Å². The normalized spacial score (nSPS) is 21.2. The van der Waals surface area contributed by atoms with Crippen molar-refractivity contribution in [2.45, 2.75) is 20.3 Å². The monoisotopic (exact) mass is 169 g/mol. The first kappa shape index (κ1) is 8.31. The first-order valence-corrected chi connectivity index (χ1v) is 4.57. The van der Waals surface area contributed by atoms with Crippen LogP contribution < -0.4 is 0 Å². The van der Waals surface area contributed by atoms with Gasteiger partial charge in [-0.3, -0.25) is 0 Å². The summed E-state index contributed by atoms with van der Waals surface area (Å²) in [6.07, 6.45) is 10.8. The van der Waals surface area contributed by atoms with Crippen LogP contribution >= 0.6 is 0 Å². The minimum absolute atomic E-state index is 1.04. The maximum atomic E-state index is 3.97. The van der Waals surface area contributed by atoms with Crippen molar-refractivity contribution in [3.63, 3.8) is 0 Å². The van der Waals surface area contributed by atoms with Gasteiger partial charge in [0.05, 0.1) is 0 Å². The Hall–Kier alpha value is -1.30. The van der Waals surface area contributed by atoms with E-state index in [1.807, 2.05) is 0 Å². The first-order valence-electron chi connectivity index (χ1n) is 4.57. The average molecular weight is 169 g/mol. The van der Waals surface area contributed by atoms with Gasteiger partial charge in [-0.05, 0) is 54.2 Å². The summed E-state index contributed by atoms with van der Waals surface area (Å²) < 4.78 is 0. The van der Waals surface area contributed by atoms with Gasteiger partial charge in [-0.2, -0.15) is 0 Å². The molecule has 0 heteroatoms. The van der Waals surface area contributed by atoms with Crippen LogP contribution in [0.1, 0.15) is 20.3 Å². The van der Waals surface area contributed by atoms with E-state index in [2.05, 4.69) is 44.7 Å². The SMILES string of the molecule is C=C1[C]=C(C2=CC=CC2)C(C)=C1C. The Morgan fingerprint density at radius 2 is 2.08 bits per heavy atom. The van der Waals surface area contributed by atoms with Crippen molar-refractivity contribution in [3.8, 4) is 0 Å². The fourth-order valence-electron chi connectivity index (χ4n) is 1.71. The van der Waals surface area contributed by atoms with Crippen LogP contribution in [-0.2, 0) is 0 Å². The van der Waals surface area contributed by atoms with Crippen molar-refractivity contribution < 1.29 is 0 Å². The Kier molecular flexibility index (Phi) is 1.84. The average Bonchev–Trinajstić information content (AvgIpc) is 2.70. The first-order chi connectivity index (χ1) is 6.20. The Morgan fingerprint density at radius 1 is 1.31 bits per heavy atom. The van der Waals surface area contributed by atoms with Gasteiger partial charge in [-0.25, -0.2) is 0 Å². The molecule has 0 spiro atoms. The van der Waals surface area contributed by atoms with Gasteiger partial charge < -0.3 is 0 Å². The fourth-order valence-corrected chi connectivity index (χ4v) is 1.71. The van der Waals surface area contributed by atoms with Gasteiger partial charge in [0.2, 0.25) is 0 Å². The molecular formula is C13H13. The molecule has 65 valence electrons. The van der Waals surface area contributed by atoms with Gasteiger partial charge in [-0.1, -0.05) is 24.8 Å². The summed E-state index contributed by atoms with van der Waals surface area (Å²) in [7, 11) is 0. The second-order valence-electron chi connectivity index (χ2n) is 3.55. The molecule has 0 heterocycles. The highest BCUT2D eigenvalue weighted by atomic mass is 14.2. The molecule has 0 fully saturated rings. The van der Waals surface area contributed by atoms with Gasteiger partial charge in [0.1, 0.15) is 0 Å². The lowest BCUT2D eigenvalue weighted by Crippen LogP contribution is -1.86. The van der Waals surface area contributed by atoms with Gasteiger partial charge in [0.15, 0.2) is 0 Å². The second-order valence-corrected chi connectivity index (χ2v) is 3.55. The summed E-state index contributed by atoms with van der Waals surface area (Å²) in [5.74, 6) is 0. The molecule has 0 aromatic rings. The van der Waals surface area contributed by atoms with E-state index in [1.165, 1.54) is 22.3 Å². The Morgan fingerprint density at radius 3 is 2.54 bits per heavy atom. The van der Waals surface area contributed by atoms with E-state index in [-0.39, 0.29) is 0 Å². The van der Waals surface area contributed by atoms with Crippen LogP contribution in [0.5, 0.6) is 0 Å². The minimum Gasteiger partial charge on any atom is -0.0908 e. The van der Waals surface area contributed by atoms with E-state index in [9.17, 15) is 0 Å². The van der Waals surface area contributed by atoms with E-state index in [0.717, 1.165) is 12.0 Å². The highest BCUT2D eigenvalue weighted by molar-refractivity contribution is 5.61. The third-order valence-corrected chi connectivity index (χ3v) is 2.76. The van der Waals surface area contributed by atoms with Crippen molar-refractivity contribution in [2.24, 2.45) is 0 Å². The van der Waals surface area contributed by atoms with Crippen LogP contribution in [-0.4, -0.2) is 0 Å². The molecule has 0 atom stereocenters. The standard InChI is InChI=1S/C13H13/c1-9-8-13(11(3)10(9)2)12-6-4-5-7-12/h4-6H,1,7H2,2-3H3. The zero-order valence-electron chi connectivity index (χ0n) is 8.15. The Labute approximate surface area is 79.7 Å². The van der Waals surface area contributed by atoms with Gasteiger partial charge in [0.25, 0.3) is 0 Å². The minimum atomic E-state index is 1.04. The fraction of sp³-hybridized carbons (Fsp3) is 0.231. The summed E-state index contributed by atoms with van der Waals surface area (Å²) in [6, 6.07) is 0. The molecular weight excluding hydrogens is 156 g/mol. The van der Waals surface area contributed by atoms with Crippen LogP contribution in [0.15, 0.2) is 52.7 Å². The van der Waals surface area contributed by atoms with Gasteiger partial charge >= 0.3 is 0 Å². The predicted molar refractivity (Wildman–Crippen MR) is 56.1 cm³/mol. The molecule has 2 aliphatic rings. The predicted octanol–water partition coefficient (Wildman–Crippen LogP) is 3.51. The largest absolute Gasteiger partial charge is 0.0908 e. The topological polar surface area (TPSA) is 0 Å². The molecule has 0 aromatic heterocycles. The van der Waals surface area contributed by atoms with Crippen LogP contribution in [0.25, 0.3) is 0 Å². The zero-order chi connectivity index (χ0) is 9.42. The van der Waals surface area contributed by atoms with Crippen molar-refractivity contribution >= 4 is 0 Å². The van der Waals surface area contributed by atoms with Crippen molar-refractivity contribution in [1.82, 2.24) is 0 Å². The molecule has 0 N–H and O–H groups in total. The summed E-state index contributed by atoms with van der Waals surface area (Å²) in [5.41, 5.74) is 6.28. The molecule has 1 radical (unpaired) electrons. The highest BCUT2D eigenvalue weighted by Crippen LogP contribution is 2.35. The lowest BCUT2D eigenvalue weighted by molar-refractivity contribution is 1.23. The number of hydrogen-bond donors (Lipinski definition) is 0. The highest BCUT2D eigenvalue weighted by Gasteiger charge is 2.17. The zero-order valence-corrected chi connectivity index (χ0v) is 8.15. The van der Waals surface area contributed by atoms with Crippen LogP contribution in [0.2, 0.25) is 0 Å². The number of hydrogen-bond acceptors (Lipinski definition) is 0. The third-order valence-electron chi connectivity index (χ3n) is 2.76. The van der Waals surface area contributed by atoms with E-state index in [0.29, 0.717) is 0 Å². The van der Waals surface area contributed by atoms with E-state index < -0.39 is 0 Å². The summed E-state index contributed by atoms with van der Waals surface area (Å²) >= 11 is 0. The second kappa shape index (κ2) is 2.88. The molecule has 0 unspecified atom stereocenters. The molecule has 0 aromatic carbocycles. The quantitative estimate of drug-likeness (QED) is 0.563. The van der Waals surface area contributed by atoms with E-state index in [1.54, 1.807) is 0 Å². The van der Waals surface area contributed by atoms with E-state index in [4.69, 9.17) is 0 Å². The molecule has 0 aliphatic heterocycles. The summed E-state index contributed by atoms with van der Waals surface area (Å²) in [5, 5.41) is 0. The third kappa shape index (κ3) is 1.23. The van der Waals surface area contributed by atoms with Crippen LogP contribution in [0.4, 0.5) is 0 Å². The number of rotatable bonds is 1. The molecule has 0 bridgehead atoms. The lowest BCUT2D eigenvalue weighted by atomic mass is 10.00. The van der Waals surface area contributed by atoms with Crippen LogP contribution in [0, 0.1) is 6.08 Å². The molecule has 0 amide bonds. The molecule has 2 aliphatic carbocycles. The lowest BCUT2D eigenvalue weighted by Gasteiger charge is -2.04. The van der Waals surface area contributed by atoms with Crippen molar-refractivity contribution in [2.75, 3.05) is 0 Å².